The van der Waals surface area contributed by atoms with Gasteiger partial charge in [0.05, 0.1) is 0 Å². The highest BCUT2D eigenvalue weighted by Crippen LogP contribution is 2.07. The second-order valence-corrected chi connectivity index (χ2v) is 3.62. The number of hydrogen-bond donors (Lipinski definition) is 0. The minimum atomic E-state index is 1.26. The molecule has 0 atom stereocenters. The van der Waals surface area contributed by atoms with Gasteiger partial charge < -0.3 is 27.5 Å². The van der Waals surface area contributed by atoms with Crippen molar-refractivity contribution in [3.05, 3.63) is 27.8 Å². The Hall–Kier alpha value is -0.250. The molecule has 0 aliphatic rings. The van der Waals surface area contributed by atoms with Crippen molar-refractivity contribution in [2.75, 3.05) is 19.0 Å². The van der Waals surface area contributed by atoms with Gasteiger partial charge in [0.25, 0.3) is 0 Å². The summed E-state index contributed by atoms with van der Waals surface area (Å²) in [6.07, 6.45) is 0. The molecule has 10 heavy (non-hydrogen) atoms. The largest absolute Gasteiger partial charge is 0.758 e. The zero-order chi connectivity index (χ0) is 7.56. The van der Waals surface area contributed by atoms with Crippen LogP contribution in [0, 0.1) is 3.57 Å². The van der Waals surface area contributed by atoms with E-state index in [1.54, 1.807) is 0 Å². The first-order valence-electron chi connectivity index (χ1n) is 3.13. The van der Waals surface area contributed by atoms with E-state index in [1.165, 1.54) is 9.26 Å². The van der Waals surface area contributed by atoms with E-state index in [4.69, 9.17) is 0 Å². The number of rotatable bonds is 1. The van der Waals surface area contributed by atoms with Crippen LogP contribution in [-0.2, 0) is 0 Å². The summed E-state index contributed by atoms with van der Waals surface area (Å²) in [5.41, 5.74) is 1.26. The minimum absolute atomic E-state index is 1.26. The van der Waals surface area contributed by atoms with Crippen LogP contribution in [0.15, 0.2) is 24.3 Å². The minimum Gasteiger partial charge on any atom is -0.758 e. The summed E-state index contributed by atoms with van der Waals surface area (Å²) in [5, 5.41) is 0. The van der Waals surface area contributed by atoms with Crippen molar-refractivity contribution in [2.24, 2.45) is 0 Å². The molecule has 0 saturated carbocycles. The molecule has 0 N–H and O–H groups in total. The third-order valence-electron chi connectivity index (χ3n) is 1.32. The number of nitrogens with zero attached hydrogens (tertiary/aromatic N) is 1. The standard InChI is InChI=1S/C8H10IN/c1-10(2)8-5-3-4-7(9)6-8/h3-6H,1-2H3/q-1. The fourth-order valence-corrected chi connectivity index (χ4v) is 1.28. The normalized spacial score (nSPS) is 9.50. The first-order valence-corrected chi connectivity index (χ1v) is 4.21. The quantitative estimate of drug-likeness (QED) is 0.544. The van der Waals surface area contributed by atoms with E-state index in [2.05, 4.69) is 51.8 Å². The van der Waals surface area contributed by atoms with Gasteiger partial charge in [-0.3, -0.25) is 0 Å². The molecule has 1 aromatic rings. The smallest absolute Gasteiger partial charge is 0.0343 e. The summed E-state index contributed by atoms with van der Waals surface area (Å²) in [5.74, 6) is 0. The van der Waals surface area contributed by atoms with Crippen LogP contribution in [0.2, 0.25) is 0 Å². The molecule has 0 aliphatic heterocycles. The van der Waals surface area contributed by atoms with Crippen molar-refractivity contribution < 1.29 is 22.6 Å². The molecule has 0 amide bonds. The molecule has 1 radical (unpaired) electrons. The summed E-state index contributed by atoms with van der Waals surface area (Å²) < 4.78 is 1.28. The molecule has 1 rings (SSSR count). The third-order valence-corrected chi connectivity index (χ3v) is 2.00. The first-order chi connectivity index (χ1) is 4.70. The second-order valence-electron chi connectivity index (χ2n) is 2.37. The van der Waals surface area contributed by atoms with Crippen LogP contribution in [0.4, 0.5) is 5.69 Å². The maximum Gasteiger partial charge on any atom is 0.0343 e. The highest BCUT2D eigenvalue weighted by atomic mass is 127. The second kappa shape index (κ2) is 3.23. The van der Waals surface area contributed by atoms with Crippen LogP contribution in [0.25, 0.3) is 0 Å². The molecule has 55 valence electrons. The molecule has 1 nitrogen and oxygen atoms in total. The van der Waals surface area contributed by atoms with Crippen molar-refractivity contribution in [2.45, 2.75) is 0 Å². The maximum absolute atomic E-state index is 2.31. The zero-order valence-electron chi connectivity index (χ0n) is 6.13. The Kier molecular flexibility index (Phi) is 2.54. The Morgan fingerprint density at radius 3 is 2.40 bits per heavy atom. The Morgan fingerprint density at radius 1 is 1.30 bits per heavy atom. The van der Waals surface area contributed by atoms with Gasteiger partial charge >= 0.3 is 0 Å². The van der Waals surface area contributed by atoms with Gasteiger partial charge in [-0.25, -0.2) is 0 Å². The van der Waals surface area contributed by atoms with Crippen LogP contribution in [0.1, 0.15) is 0 Å². The van der Waals surface area contributed by atoms with Gasteiger partial charge in [0.1, 0.15) is 0 Å². The van der Waals surface area contributed by atoms with Crippen LogP contribution in [-0.4, -0.2) is 14.1 Å². The molecule has 0 aliphatic carbocycles. The molecular weight excluding hydrogens is 237 g/mol. The van der Waals surface area contributed by atoms with Crippen LogP contribution < -0.4 is 27.5 Å². The molecule has 2 heteroatoms. The van der Waals surface area contributed by atoms with Crippen LogP contribution >= 0.6 is 0 Å². The molecule has 0 fully saturated rings. The van der Waals surface area contributed by atoms with E-state index in [0.717, 1.165) is 0 Å². The molecule has 1 aromatic carbocycles. The van der Waals surface area contributed by atoms with Crippen molar-refractivity contribution in [3.8, 4) is 0 Å². The average molecular weight is 247 g/mol. The lowest BCUT2D eigenvalue weighted by Crippen LogP contribution is -3.34. The number of hydrogen-bond acceptors (Lipinski definition) is 1. The SMILES string of the molecule is CN(C)c1cccc([I-])c1. The molecular formula is C8H10IN-. The molecule has 0 heterocycles. The van der Waals surface area contributed by atoms with E-state index in [1.807, 2.05) is 14.1 Å². The predicted molar refractivity (Wildman–Crippen MR) is 39.5 cm³/mol. The topological polar surface area (TPSA) is 3.24 Å². The van der Waals surface area contributed by atoms with Gasteiger partial charge in [-0.05, 0) is 6.07 Å². The molecule has 0 saturated heterocycles. The van der Waals surface area contributed by atoms with Gasteiger partial charge in [0.15, 0.2) is 0 Å². The Balaban J connectivity index is 2.96. The van der Waals surface area contributed by atoms with Gasteiger partial charge in [-0.1, -0.05) is 18.2 Å². The first kappa shape index (κ1) is 7.85. The van der Waals surface area contributed by atoms with Crippen molar-refractivity contribution in [3.63, 3.8) is 0 Å². The highest BCUT2D eigenvalue weighted by Gasteiger charge is 1.88. The van der Waals surface area contributed by atoms with E-state index >= 15 is 0 Å². The fourth-order valence-electron chi connectivity index (χ4n) is 0.754. The van der Waals surface area contributed by atoms with E-state index < -0.39 is 0 Å². The molecule has 0 spiro atoms. The Bertz CT molecular complexity index is 220. The predicted octanol–water partition coefficient (Wildman–Crippen LogP) is -1.52. The lowest BCUT2D eigenvalue weighted by molar-refractivity contribution is -0.328. The van der Waals surface area contributed by atoms with Gasteiger partial charge in [-0.2, -0.15) is 3.57 Å². The van der Waals surface area contributed by atoms with Crippen LogP contribution in [0.3, 0.4) is 0 Å². The Labute approximate surface area is 75.2 Å². The average Bonchev–Trinajstić information content (AvgIpc) is 1.88. The number of halogens is 1. The van der Waals surface area contributed by atoms with Crippen LogP contribution in [0.5, 0.6) is 0 Å². The fraction of sp³-hybridized carbons (Fsp3) is 0.250. The summed E-state index contributed by atoms with van der Waals surface area (Å²) in [4.78, 5) is 2.10. The molecule has 0 aromatic heterocycles. The zero-order valence-corrected chi connectivity index (χ0v) is 8.29. The Morgan fingerprint density at radius 2 is 2.00 bits per heavy atom. The van der Waals surface area contributed by atoms with E-state index in [0.29, 0.717) is 0 Å². The third kappa shape index (κ3) is 1.87. The van der Waals surface area contributed by atoms with Gasteiger partial charge in [0.2, 0.25) is 0 Å². The number of benzene rings is 1. The maximum atomic E-state index is 2.31. The lowest BCUT2D eigenvalue weighted by Gasteiger charge is -2.15. The van der Waals surface area contributed by atoms with Crippen molar-refractivity contribution in [1.29, 1.82) is 0 Å². The summed E-state index contributed by atoms with van der Waals surface area (Å²) >= 11 is 2.31. The summed E-state index contributed by atoms with van der Waals surface area (Å²) in [7, 11) is 4.09. The molecule has 0 unspecified atom stereocenters. The van der Waals surface area contributed by atoms with E-state index in [9.17, 15) is 0 Å². The van der Waals surface area contributed by atoms with Gasteiger partial charge in [-0.15, -0.1) is 0 Å². The van der Waals surface area contributed by atoms with Crippen molar-refractivity contribution in [1.82, 2.24) is 0 Å². The summed E-state index contributed by atoms with van der Waals surface area (Å²) in [6.45, 7) is 0. The number of anilines is 1. The molecule has 0 bridgehead atoms. The highest BCUT2D eigenvalue weighted by molar-refractivity contribution is 5.43. The summed E-state index contributed by atoms with van der Waals surface area (Å²) in [6, 6.07) is 8.41. The van der Waals surface area contributed by atoms with Crippen molar-refractivity contribution >= 4 is 5.69 Å². The van der Waals surface area contributed by atoms with E-state index in [-0.39, 0.29) is 0 Å². The monoisotopic (exact) mass is 247 g/mol. The lowest BCUT2D eigenvalue weighted by atomic mass is 10.3. The van der Waals surface area contributed by atoms with Gasteiger partial charge in [0, 0.05) is 19.8 Å².